The molecule has 0 unspecified atom stereocenters. The summed E-state index contributed by atoms with van der Waals surface area (Å²) in [5.41, 5.74) is 5.00. The number of amides is 1. The summed E-state index contributed by atoms with van der Waals surface area (Å²) in [6.07, 6.45) is 1.38. The van der Waals surface area contributed by atoms with E-state index in [9.17, 15) is 9.59 Å². The van der Waals surface area contributed by atoms with E-state index in [1.807, 2.05) is 0 Å². The number of carbonyl (C=O) groups excluding carboxylic acids is 2. The molecular formula is C8H8N2O3. The van der Waals surface area contributed by atoms with Crippen molar-refractivity contribution < 1.29 is 14.3 Å². The lowest BCUT2D eigenvalue weighted by molar-refractivity contribution is 0.0596. The van der Waals surface area contributed by atoms with Crippen molar-refractivity contribution in [1.29, 1.82) is 0 Å². The van der Waals surface area contributed by atoms with E-state index < -0.39 is 11.9 Å². The Kier molecular flexibility index (Phi) is 2.59. The molecule has 1 heterocycles. The second-order valence-electron chi connectivity index (χ2n) is 2.26. The van der Waals surface area contributed by atoms with Gasteiger partial charge in [0.25, 0.3) is 5.91 Å². The number of esters is 1. The van der Waals surface area contributed by atoms with Crippen LogP contribution in [0.3, 0.4) is 0 Å². The van der Waals surface area contributed by atoms with E-state index in [4.69, 9.17) is 5.73 Å². The number of aromatic nitrogens is 1. The van der Waals surface area contributed by atoms with E-state index in [2.05, 4.69) is 9.72 Å². The first-order valence-corrected chi connectivity index (χ1v) is 3.50. The van der Waals surface area contributed by atoms with Crippen LogP contribution in [0.2, 0.25) is 0 Å². The van der Waals surface area contributed by atoms with E-state index in [1.54, 1.807) is 0 Å². The highest BCUT2D eigenvalue weighted by molar-refractivity contribution is 6.03. The van der Waals surface area contributed by atoms with E-state index in [0.717, 1.165) is 0 Å². The van der Waals surface area contributed by atoms with Gasteiger partial charge in [-0.15, -0.1) is 0 Å². The highest BCUT2D eigenvalue weighted by Gasteiger charge is 2.15. The number of primary amides is 1. The van der Waals surface area contributed by atoms with Crippen LogP contribution in [0, 0.1) is 0 Å². The lowest BCUT2D eigenvalue weighted by Crippen LogP contribution is -2.18. The Balaban J connectivity index is 3.19. The monoisotopic (exact) mass is 180 g/mol. The maximum absolute atomic E-state index is 11.1. The fourth-order valence-corrected chi connectivity index (χ4v) is 0.876. The van der Waals surface area contributed by atoms with Crippen molar-refractivity contribution in [2.45, 2.75) is 0 Å². The number of carbonyl (C=O) groups is 2. The van der Waals surface area contributed by atoms with E-state index in [-0.39, 0.29) is 11.3 Å². The minimum absolute atomic E-state index is 0.0747. The molecular weight excluding hydrogens is 172 g/mol. The van der Waals surface area contributed by atoms with Crippen molar-refractivity contribution in [3.05, 3.63) is 29.6 Å². The first-order valence-electron chi connectivity index (χ1n) is 3.50. The molecule has 0 radical (unpaired) electrons. The largest absolute Gasteiger partial charge is 0.465 e. The van der Waals surface area contributed by atoms with Crippen molar-refractivity contribution in [3.8, 4) is 0 Å². The molecule has 0 aliphatic carbocycles. The van der Waals surface area contributed by atoms with E-state index >= 15 is 0 Å². The summed E-state index contributed by atoms with van der Waals surface area (Å²) >= 11 is 0. The third-order valence-corrected chi connectivity index (χ3v) is 1.45. The van der Waals surface area contributed by atoms with Crippen molar-refractivity contribution in [2.75, 3.05) is 7.11 Å². The zero-order chi connectivity index (χ0) is 9.84. The number of ether oxygens (including phenoxy) is 1. The highest BCUT2D eigenvalue weighted by Crippen LogP contribution is 2.05. The maximum Gasteiger partial charge on any atom is 0.340 e. The molecule has 1 amide bonds. The van der Waals surface area contributed by atoms with Crippen LogP contribution in [0.25, 0.3) is 0 Å². The van der Waals surface area contributed by atoms with Gasteiger partial charge in [0.1, 0.15) is 5.69 Å². The quantitative estimate of drug-likeness (QED) is 0.647. The normalized spacial score (nSPS) is 9.31. The molecule has 5 nitrogen and oxygen atoms in total. The molecule has 2 N–H and O–H groups in total. The van der Waals surface area contributed by atoms with Gasteiger partial charge in [-0.1, -0.05) is 0 Å². The number of rotatable bonds is 2. The smallest absolute Gasteiger partial charge is 0.340 e. The molecule has 0 aliphatic heterocycles. The van der Waals surface area contributed by atoms with Gasteiger partial charge in [0.2, 0.25) is 0 Å². The summed E-state index contributed by atoms with van der Waals surface area (Å²) in [5, 5.41) is 0. The summed E-state index contributed by atoms with van der Waals surface area (Å²) in [7, 11) is 1.22. The molecule has 13 heavy (non-hydrogen) atoms. The molecule has 1 aromatic rings. The first kappa shape index (κ1) is 9.18. The van der Waals surface area contributed by atoms with Gasteiger partial charge in [-0.2, -0.15) is 0 Å². The van der Waals surface area contributed by atoms with Crippen LogP contribution in [0.1, 0.15) is 20.8 Å². The molecule has 0 aliphatic rings. The first-order chi connectivity index (χ1) is 6.16. The van der Waals surface area contributed by atoms with Crippen LogP contribution in [0.5, 0.6) is 0 Å². The summed E-state index contributed by atoms with van der Waals surface area (Å²) in [4.78, 5) is 25.5. The van der Waals surface area contributed by atoms with Gasteiger partial charge in [-0.25, -0.2) is 4.79 Å². The van der Waals surface area contributed by atoms with Crippen LogP contribution in [0.15, 0.2) is 18.3 Å². The molecule has 0 saturated heterocycles. The van der Waals surface area contributed by atoms with Gasteiger partial charge in [0.15, 0.2) is 0 Å². The Morgan fingerprint density at radius 3 is 2.77 bits per heavy atom. The SMILES string of the molecule is COC(=O)c1cccnc1C(N)=O. The lowest BCUT2D eigenvalue weighted by atomic mass is 10.2. The minimum atomic E-state index is -0.749. The third kappa shape index (κ3) is 1.81. The zero-order valence-electron chi connectivity index (χ0n) is 6.98. The second kappa shape index (κ2) is 3.66. The van der Waals surface area contributed by atoms with Gasteiger partial charge in [0, 0.05) is 6.20 Å². The zero-order valence-corrected chi connectivity index (χ0v) is 6.98. The minimum Gasteiger partial charge on any atom is -0.465 e. The van der Waals surface area contributed by atoms with Crippen LogP contribution in [-0.4, -0.2) is 24.0 Å². The average molecular weight is 180 g/mol. The van der Waals surface area contributed by atoms with E-state index in [0.29, 0.717) is 0 Å². The van der Waals surface area contributed by atoms with E-state index in [1.165, 1.54) is 25.4 Å². The molecule has 1 rings (SSSR count). The molecule has 0 fully saturated rings. The molecule has 1 aromatic heterocycles. The van der Waals surface area contributed by atoms with Crippen molar-refractivity contribution in [2.24, 2.45) is 5.73 Å². The molecule has 0 aromatic carbocycles. The van der Waals surface area contributed by atoms with Crippen molar-refractivity contribution in [3.63, 3.8) is 0 Å². The summed E-state index contributed by atoms with van der Waals surface area (Å²) in [6.45, 7) is 0. The Hall–Kier alpha value is -1.91. The molecule has 0 spiro atoms. The Bertz CT molecular complexity index is 349. The topological polar surface area (TPSA) is 82.3 Å². The average Bonchev–Trinajstić information content (AvgIpc) is 2.16. The van der Waals surface area contributed by atoms with Crippen LogP contribution < -0.4 is 5.73 Å². The van der Waals surface area contributed by atoms with Crippen LogP contribution >= 0.6 is 0 Å². The summed E-state index contributed by atoms with van der Waals surface area (Å²) in [6, 6.07) is 2.96. The number of pyridine rings is 1. The predicted molar refractivity (Wildman–Crippen MR) is 44.1 cm³/mol. The molecule has 0 atom stereocenters. The van der Waals surface area contributed by atoms with Crippen molar-refractivity contribution >= 4 is 11.9 Å². The summed E-state index contributed by atoms with van der Waals surface area (Å²) < 4.78 is 4.44. The highest BCUT2D eigenvalue weighted by atomic mass is 16.5. The van der Waals surface area contributed by atoms with Gasteiger partial charge >= 0.3 is 5.97 Å². The second-order valence-corrected chi connectivity index (χ2v) is 2.26. The Morgan fingerprint density at radius 1 is 1.54 bits per heavy atom. The Labute approximate surface area is 74.5 Å². The predicted octanol–water partition coefficient (Wildman–Crippen LogP) is -0.0329. The lowest BCUT2D eigenvalue weighted by Gasteiger charge is -2.01. The van der Waals surface area contributed by atoms with Crippen molar-refractivity contribution in [1.82, 2.24) is 4.98 Å². The third-order valence-electron chi connectivity index (χ3n) is 1.45. The van der Waals surface area contributed by atoms with Gasteiger partial charge in [-0.3, -0.25) is 9.78 Å². The molecule has 68 valence electrons. The fraction of sp³-hybridized carbons (Fsp3) is 0.125. The Morgan fingerprint density at radius 2 is 2.23 bits per heavy atom. The van der Waals surface area contributed by atoms with Gasteiger partial charge in [-0.05, 0) is 12.1 Å². The fourth-order valence-electron chi connectivity index (χ4n) is 0.876. The molecule has 0 bridgehead atoms. The standard InChI is InChI=1S/C8H8N2O3/c1-13-8(12)5-3-2-4-10-6(5)7(9)11/h2-4H,1H3,(H2,9,11). The van der Waals surface area contributed by atoms with Gasteiger partial charge < -0.3 is 10.5 Å². The van der Waals surface area contributed by atoms with Crippen LogP contribution in [-0.2, 0) is 4.74 Å². The number of nitrogens with two attached hydrogens (primary N) is 1. The molecule has 0 saturated carbocycles. The number of nitrogens with zero attached hydrogens (tertiary/aromatic N) is 1. The number of hydrogen-bond acceptors (Lipinski definition) is 4. The molecule has 5 heteroatoms. The number of hydrogen-bond donors (Lipinski definition) is 1. The number of methoxy groups -OCH3 is 1. The maximum atomic E-state index is 11.1. The summed E-state index contributed by atoms with van der Waals surface area (Å²) in [5.74, 6) is -1.37. The van der Waals surface area contributed by atoms with Gasteiger partial charge in [0.05, 0.1) is 12.7 Å². The van der Waals surface area contributed by atoms with Crippen LogP contribution in [0.4, 0.5) is 0 Å².